The number of hydrogen-bond donors (Lipinski definition) is 1. The zero-order chi connectivity index (χ0) is 11.0. The van der Waals surface area contributed by atoms with Crippen LogP contribution in [0, 0.1) is 13.8 Å². The molecule has 2 heterocycles. The van der Waals surface area contributed by atoms with Crippen molar-refractivity contribution in [2.24, 2.45) is 0 Å². The van der Waals surface area contributed by atoms with Crippen LogP contribution in [0.3, 0.4) is 0 Å². The van der Waals surface area contributed by atoms with Crippen LogP contribution in [-0.2, 0) is 11.2 Å². The molecule has 1 aliphatic heterocycles. The van der Waals surface area contributed by atoms with E-state index in [9.17, 15) is 5.11 Å². The highest BCUT2D eigenvalue weighted by molar-refractivity contribution is 7.12. The molecule has 1 aromatic rings. The minimum absolute atomic E-state index is 0.199. The van der Waals surface area contributed by atoms with Crippen LogP contribution in [0.25, 0.3) is 0 Å². The van der Waals surface area contributed by atoms with Crippen LogP contribution >= 0.6 is 11.3 Å². The molecule has 1 aliphatic rings. The summed E-state index contributed by atoms with van der Waals surface area (Å²) in [5, 5.41) is 9.88. The van der Waals surface area contributed by atoms with E-state index in [2.05, 4.69) is 20.8 Å². The first-order valence-electron chi connectivity index (χ1n) is 5.49. The zero-order valence-electron chi connectivity index (χ0n) is 9.54. The Bertz CT molecular complexity index is 357. The van der Waals surface area contributed by atoms with Crippen LogP contribution in [0.5, 0.6) is 0 Å². The molecule has 1 N–H and O–H groups in total. The van der Waals surface area contributed by atoms with Crippen LogP contribution in [-0.4, -0.2) is 24.4 Å². The monoisotopic (exact) mass is 226 g/mol. The second kappa shape index (κ2) is 4.24. The highest BCUT2D eigenvalue weighted by Crippen LogP contribution is 2.37. The first-order valence-corrected chi connectivity index (χ1v) is 6.31. The number of aliphatic hydroxyl groups excluding tert-OH is 1. The predicted molar refractivity (Wildman–Crippen MR) is 62.7 cm³/mol. The molecule has 0 amide bonds. The van der Waals surface area contributed by atoms with Crippen molar-refractivity contribution < 1.29 is 9.84 Å². The Kier molecular flexibility index (Phi) is 3.14. The lowest BCUT2D eigenvalue weighted by molar-refractivity contribution is 0.124. The van der Waals surface area contributed by atoms with E-state index in [1.54, 1.807) is 0 Å². The van der Waals surface area contributed by atoms with Crippen molar-refractivity contribution in [1.29, 1.82) is 0 Å². The molecule has 15 heavy (non-hydrogen) atoms. The van der Waals surface area contributed by atoms with Crippen LogP contribution in [0.1, 0.15) is 33.7 Å². The largest absolute Gasteiger partial charge is 0.390 e. The summed E-state index contributed by atoms with van der Waals surface area (Å²) < 4.78 is 5.34. The smallest absolute Gasteiger partial charge is 0.0864 e. The fourth-order valence-corrected chi connectivity index (χ4v) is 3.71. The Labute approximate surface area is 94.9 Å². The third kappa shape index (κ3) is 1.84. The summed E-state index contributed by atoms with van der Waals surface area (Å²) in [5.41, 5.74) is 2.78. The lowest BCUT2D eigenvalue weighted by Crippen LogP contribution is -2.17. The molecule has 1 aromatic heterocycles. The van der Waals surface area contributed by atoms with Crippen LogP contribution in [0.4, 0.5) is 0 Å². The Balaban J connectivity index is 2.41. The summed E-state index contributed by atoms with van der Waals surface area (Å²) in [6, 6.07) is 0. The maximum Gasteiger partial charge on any atom is 0.0864 e. The van der Waals surface area contributed by atoms with E-state index in [0.717, 1.165) is 6.42 Å². The molecular weight excluding hydrogens is 208 g/mol. The van der Waals surface area contributed by atoms with Crippen molar-refractivity contribution >= 4 is 11.3 Å². The van der Waals surface area contributed by atoms with Gasteiger partial charge in [-0.25, -0.2) is 0 Å². The number of rotatable bonds is 2. The predicted octanol–water partition coefficient (Wildman–Crippen LogP) is 2.40. The van der Waals surface area contributed by atoms with Gasteiger partial charge in [-0.2, -0.15) is 0 Å². The van der Waals surface area contributed by atoms with Gasteiger partial charge in [0.1, 0.15) is 0 Å². The van der Waals surface area contributed by atoms with Gasteiger partial charge in [0.2, 0.25) is 0 Å². The maximum absolute atomic E-state index is 9.88. The molecule has 3 heteroatoms. The summed E-state index contributed by atoms with van der Waals surface area (Å²) in [4.78, 5) is 2.74. The Hall–Kier alpha value is -0.380. The molecule has 0 spiro atoms. The van der Waals surface area contributed by atoms with E-state index in [-0.39, 0.29) is 12.0 Å². The van der Waals surface area contributed by atoms with Gasteiger partial charge < -0.3 is 9.84 Å². The third-order valence-electron chi connectivity index (χ3n) is 3.21. The van der Waals surface area contributed by atoms with Gasteiger partial charge in [-0.3, -0.25) is 0 Å². The summed E-state index contributed by atoms with van der Waals surface area (Å²) in [6.07, 6.45) is 0.734. The molecule has 0 unspecified atom stereocenters. The van der Waals surface area contributed by atoms with Crippen molar-refractivity contribution in [2.75, 3.05) is 13.2 Å². The van der Waals surface area contributed by atoms with Gasteiger partial charge in [-0.05, 0) is 31.4 Å². The molecule has 0 bridgehead atoms. The summed E-state index contributed by atoms with van der Waals surface area (Å²) in [6.45, 7) is 7.66. The SMILES string of the molecule is CCc1c(C)sc(C)c1[C@H]1COC[C@@H]1O. The van der Waals surface area contributed by atoms with Crippen LogP contribution in [0.15, 0.2) is 0 Å². The quantitative estimate of drug-likeness (QED) is 0.839. The van der Waals surface area contributed by atoms with Crippen molar-refractivity contribution in [1.82, 2.24) is 0 Å². The van der Waals surface area contributed by atoms with Crippen molar-refractivity contribution in [3.8, 4) is 0 Å². The molecule has 2 atom stereocenters. The second-order valence-electron chi connectivity index (χ2n) is 4.17. The van der Waals surface area contributed by atoms with Gasteiger partial charge in [-0.1, -0.05) is 6.92 Å². The second-order valence-corrected chi connectivity index (χ2v) is 5.60. The average molecular weight is 226 g/mol. The van der Waals surface area contributed by atoms with Gasteiger partial charge in [0.25, 0.3) is 0 Å². The third-order valence-corrected chi connectivity index (χ3v) is 4.29. The Morgan fingerprint density at radius 2 is 2.07 bits per heavy atom. The van der Waals surface area contributed by atoms with E-state index >= 15 is 0 Å². The molecule has 2 rings (SSSR count). The Morgan fingerprint density at radius 3 is 2.60 bits per heavy atom. The van der Waals surface area contributed by atoms with E-state index in [0.29, 0.717) is 13.2 Å². The van der Waals surface area contributed by atoms with Gasteiger partial charge in [0.15, 0.2) is 0 Å². The molecule has 0 aromatic carbocycles. The van der Waals surface area contributed by atoms with Gasteiger partial charge in [0.05, 0.1) is 19.3 Å². The first-order chi connectivity index (χ1) is 7.15. The summed E-state index contributed by atoms with van der Waals surface area (Å²) in [5.74, 6) is 0.199. The van der Waals surface area contributed by atoms with Crippen LogP contribution < -0.4 is 0 Å². The van der Waals surface area contributed by atoms with Crippen molar-refractivity contribution in [3.63, 3.8) is 0 Å². The van der Waals surface area contributed by atoms with Crippen LogP contribution in [0.2, 0.25) is 0 Å². The normalized spacial score (nSPS) is 26.1. The minimum atomic E-state index is -0.317. The summed E-state index contributed by atoms with van der Waals surface area (Å²) >= 11 is 1.84. The van der Waals surface area contributed by atoms with E-state index in [4.69, 9.17) is 4.74 Å². The van der Waals surface area contributed by atoms with E-state index in [1.165, 1.54) is 20.9 Å². The fourth-order valence-electron chi connectivity index (χ4n) is 2.49. The highest BCUT2D eigenvalue weighted by atomic mass is 32.1. The Morgan fingerprint density at radius 1 is 1.33 bits per heavy atom. The number of ether oxygens (including phenoxy) is 1. The van der Waals surface area contributed by atoms with E-state index in [1.807, 2.05) is 11.3 Å². The zero-order valence-corrected chi connectivity index (χ0v) is 10.4. The lowest BCUT2D eigenvalue weighted by atomic mass is 9.91. The average Bonchev–Trinajstić information content (AvgIpc) is 2.70. The fraction of sp³-hybridized carbons (Fsp3) is 0.667. The topological polar surface area (TPSA) is 29.5 Å². The summed E-state index contributed by atoms with van der Waals surface area (Å²) in [7, 11) is 0. The van der Waals surface area contributed by atoms with Gasteiger partial charge in [0, 0.05) is 15.7 Å². The molecule has 0 radical (unpaired) electrons. The molecular formula is C12H18O2S. The molecule has 1 saturated heterocycles. The highest BCUT2D eigenvalue weighted by Gasteiger charge is 2.31. The number of hydrogen-bond acceptors (Lipinski definition) is 3. The maximum atomic E-state index is 9.88. The standard InChI is InChI=1S/C12H18O2S/c1-4-9-7(2)15-8(3)12(9)10-5-14-6-11(10)13/h10-11,13H,4-6H2,1-3H3/t10-,11-/m0/s1. The van der Waals surface area contributed by atoms with E-state index < -0.39 is 0 Å². The van der Waals surface area contributed by atoms with Crippen molar-refractivity contribution in [3.05, 3.63) is 20.9 Å². The first kappa shape index (κ1) is 11.1. The van der Waals surface area contributed by atoms with Gasteiger partial charge in [-0.15, -0.1) is 11.3 Å². The lowest BCUT2D eigenvalue weighted by Gasteiger charge is -2.15. The molecule has 0 saturated carbocycles. The molecule has 0 aliphatic carbocycles. The number of aryl methyl sites for hydroxylation is 2. The molecule has 2 nitrogen and oxygen atoms in total. The number of aliphatic hydroxyl groups is 1. The molecule has 1 fully saturated rings. The van der Waals surface area contributed by atoms with Gasteiger partial charge >= 0.3 is 0 Å². The molecule has 84 valence electrons. The van der Waals surface area contributed by atoms with Crippen molar-refractivity contribution in [2.45, 2.75) is 39.2 Å². The number of thiophene rings is 1. The minimum Gasteiger partial charge on any atom is -0.390 e.